The Labute approximate surface area is 153 Å². The molecule has 0 bridgehead atoms. The minimum atomic E-state index is -0.344. The lowest BCUT2D eigenvalue weighted by Gasteiger charge is -2.26. The fourth-order valence-electron chi connectivity index (χ4n) is 2.13. The van der Waals surface area contributed by atoms with E-state index in [1.165, 1.54) is 0 Å². The smallest absolute Gasteiger partial charge is 0.251 e. The molecule has 1 heterocycles. The van der Waals surface area contributed by atoms with Crippen LogP contribution in [0.4, 0.5) is 0 Å². The molecule has 1 aromatic heterocycles. The van der Waals surface area contributed by atoms with Gasteiger partial charge >= 0.3 is 0 Å². The molecule has 1 aromatic carbocycles. The summed E-state index contributed by atoms with van der Waals surface area (Å²) in [5.74, 6) is 0.569. The molecule has 0 aliphatic rings. The van der Waals surface area contributed by atoms with Gasteiger partial charge in [0, 0.05) is 22.5 Å². The summed E-state index contributed by atoms with van der Waals surface area (Å²) in [6.45, 7) is 5.06. The molecule has 0 unspecified atom stereocenters. The van der Waals surface area contributed by atoms with Gasteiger partial charge in [0.25, 0.3) is 5.91 Å². The standard InChI is InChI=1S/C18H24N2O2S.ClH/c1-3-18(19,4-2)13-20-17(21)14-7-5-8-15(11-14)22-12-16-9-6-10-23-16;/h5-11H,3-4,12-13,19H2,1-2H3,(H,20,21);1H. The van der Waals surface area contributed by atoms with Crippen LogP contribution in [0, 0.1) is 0 Å². The lowest BCUT2D eigenvalue weighted by atomic mass is 9.94. The minimum Gasteiger partial charge on any atom is -0.488 e. The molecule has 132 valence electrons. The average molecular weight is 369 g/mol. The SMILES string of the molecule is CCC(N)(CC)CNC(=O)c1cccc(OCc2cccs2)c1.Cl. The van der Waals surface area contributed by atoms with Crippen molar-refractivity contribution in [3.05, 3.63) is 52.2 Å². The molecule has 24 heavy (non-hydrogen) atoms. The maximum atomic E-state index is 12.3. The number of nitrogens with one attached hydrogen (secondary N) is 1. The number of nitrogens with two attached hydrogens (primary N) is 1. The third-order valence-electron chi connectivity index (χ3n) is 4.07. The number of amides is 1. The lowest BCUT2D eigenvalue weighted by Crippen LogP contribution is -2.49. The van der Waals surface area contributed by atoms with Gasteiger partial charge in [0.05, 0.1) is 0 Å². The highest BCUT2D eigenvalue weighted by Crippen LogP contribution is 2.17. The van der Waals surface area contributed by atoms with E-state index in [4.69, 9.17) is 10.5 Å². The highest BCUT2D eigenvalue weighted by atomic mass is 35.5. The van der Waals surface area contributed by atoms with Crippen LogP contribution in [0.2, 0.25) is 0 Å². The molecule has 1 amide bonds. The number of ether oxygens (including phenoxy) is 1. The van der Waals surface area contributed by atoms with Crippen molar-refractivity contribution in [2.24, 2.45) is 5.73 Å². The van der Waals surface area contributed by atoms with Gasteiger partial charge in [-0.3, -0.25) is 4.79 Å². The fraction of sp³-hybridized carbons (Fsp3) is 0.389. The first kappa shape index (κ1) is 20.5. The highest BCUT2D eigenvalue weighted by molar-refractivity contribution is 7.09. The van der Waals surface area contributed by atoms with Crippen LogP contribution in [0.15, 0.2) is 41.8 Å². The summed E-state index contributed by atoms with van der Waals surface area (Å²) in [4.78, 5) is 13.4. The van der Waals surface area contributed by atoms with E-state index in [2.05, 4.69) is 5.32 Å². The number of halogens is 1. The Kier molecular flexibility index (Phi) is 8.25. The largest absolute Gasteiger partial charge is 0.488 e. The zero-order valence-corrected chi connectivity index (χ0v) is 15.7. The molecule has 0 saturated carbocycles. The first-order chi connectivity index (χ1) is 11.1. The number of hydrogen-bond donors (Lipinski definition) is 2. The van der Waals surface area contributed by atoms with Crippen molar-refractivity contribution >= 4 is 29.7 Å². The molecule has 2 aromatic rings. The maximum absolute atomic E-state index is 12.3. The van der Waals surface area contributed by atoms with Crippen LogP contribution in [0.1, 0.15) is 41.9 Å². The number of rotatable bonds is 8. The van der Waals surface area contributed by atoms with E-state index in [0.29, 0.717) is 24.5 Å². The van der Waals surface area contributed by atoms with E-state index < -0.39 is 0 Å². The summed E-state index contributed by atoms with van der Waals surface area (Å²) >= 11 is 1.65. The van der Waals surface area contributed by atoms with E-state index in [1.54, 1.807) is 23.5 Å². The second-order valence-electron chi connectivity index (χ2n) is 5.65. The van der Waals surface area contributed by atoms with Gasteiger partial charge in [-0.1, -0.05) is 26.0 Å². The number of carbonyl (C=O) groups is 1. The highest BCUT2D eigenvalue weighted by Gasteiger charge is 2.21. The van der Waals surface area contributed by atoms with E-state index in [-0.39, 0.29) is 23.9 Å². The summed E-state index contributed by atoms with van der Waals surface area (Å²) in [5.41, 5.74) is 6.46. The van der Waals surface area contributed by atoms with Gasteiger partial charge in [-0.05, 0) is 42.5 Å². The molecule has 0 radical (unpaired) electrons. The van der Waals surface area contributed by atoms with Crippen molar-refractivity contribution in [2.45, 2.75) is 38.8 Å². The summed E-state index contributed by atoms with van der Waals surface area (Å²) in [6.07, 6.45) is 1.65. The molecular weight excluding hydrogens is 344 g/mol. The fourth-order valence-corrected chi connectivity index (χ4v) is 2.75. The first-order valence-electron chi connectivity index (χ1n) is 7.88. The van der Waals surface area contributed by atoms with E-state index in [9.17, 15) is 4.79 Å². The number of hydrogen-bond acceptors (Lipinski definition) is 4. The van der Waals surface area contributed by atoms with Crippen molar-refractivity contribution in [1.82, 2.24) is 5.32 Å². The second-order valence-corrected chi connectivity index (χ2v) is 6.68. The number of thiophene rings is 1. The van der Waals surface area contributed by atoms with Gasteiger partial charge in [0.1, 0.15) is 12.4 Å². The van der Waals surface area contributed by atoms with Crippen molar-refractivity contribution in [3.63, 3.8) is 0 Å². The predicted molar refractivity (Wildman–Crippen MR) is 102 cm³/mol. The van der Waals surface area contributed by atoms with Gasteiger partial charge in [-0.25, -0.2) is 0 Å². The lowest BCUT2D eigenvalue weighted by molar-refractivity contribution is 0.0941. The summed E-state index contributed by atoms with van der Waals surface area (Å²) < 4.78 is 5.73. The van der Waals surface area contributed by atoms with Crippen LogP contribution < -0.4 is 15.8 Å². The van der Waals surface area contributed by atoms with Crippen molar-refractivity contribution in [3.8, 4) is 5.75 Å². The van der Waals surface area contributed by atoms with Crippen LogP contribution >= 0.6 is 23.7 Å². The molecule has 0 aliphatic heterocycles. The van der Waals surface area contributed by atoms with Gasteiger partial charge in [-0.2, -0.15) is 0 Å². The second kappa shape index (κ2) is 9.67. The molecule has 0 aliphatic carbocycles. The maximum Gasteiger partial charge on any atom is 0.251 e. The molecule has 0 saturated heterocycles. The molecule has 6 heteroatoms. The van der Waals surface area contributed by atoms with Crippen molar-refractivity contribution < 1.29 is 9.53 Å². The van der Waals surface area contributed by atoms with Crippen molar-refractivity contribution in [2.75, 3.05) is 6.54 Å². The Hall–Kier alpha value is -1.56. The molecule has 0 spiro atoms. The summed E-state index contributed by atoms with van der Waals surface area (Å²) in [5, 5.41) is 4.94. The Balaban J connectivity index is 0.00000288. The van der Waals surface area contributed by atoms with Gasteiger partial charge in [0.15, 0.2) is 0 Å². The molecule has 0 atom stereocenters. The van der Waals surface area contributed by atoms with Crippen LogP contribution in [-0.4, -0.2) is 18.0 Å². The normalized spacial score (nSPS) is 10.8. The Morgan fingerprint density at radius 1 is 1.25 bits per heavy atom. The van der Waals surface area contributed by atoms with Crippen LogP contribution in [-0.2, 0) is 6.61 Å². The average Bonchev–Trinajstić information content (AvgIpc) is 3.11. The quantitative estimate of drug-likeness (QED) is 0.740. The van der Waals surface area contributed by atoms with E-state index in [0.717, 1.165) is 17.7 Å². The van der Waals surface area contributed by atoms with Crippen molar-refractivity contribution in [1.29, 1.82) is 0 Å². The molecule has 0 fully saturated rings. The van der Waals surface area contributed by atoms with E-state index >= 15 is 0 Å². The Morgan fingerprint density at radius 3 is 2.62 bits per heavy atom. The summed E-state index contributed by atoms with van der Waals surface area (Å²) in [7, 11) is 0. The third-order valence-corrected chi connectivity index (χ3v) is 4.92. The zero-order chi connectivity index (χ0) is 16.7. The topological polar surface area (TPSA) is 64.3 Å². The molecule has 3 N–H and O–H groups in total. The Morgan fingerprint density at radius 2 is 2.00 bits per heavy atom. The first-order valence-corrected chi connectivity index (χ1v) is 8.76. The minimum absolute atomic E-state index is 0. The van der Waals surface area contributed by atoms with Crippen LogP contribution in [0.25, 0.3) is 0 Å². The van der Waals surface area contributed by atoms with Gasteiger partial charge in [0.2, 0.25) is 0 Å². The number of benzene rings is 1. The van der Waals surface area contributed by atoms with Crippen LogP contribution in [0.3, 0.4) is 0 Å². The van der Waals surface area contributed by atoms with E-state index in [1.807, 2.05) is 43.5 Å². The van der Waals surface area contributed by atoms with Gasteiger partial charge in [-0.15, -0.1) is 23.7 Å². The Bertz CT molecular complexity index is 628. The molecular formula is C18H25ClN2O2S. The monoisotopic (exact) mass is 368 g/mol. The number of carbonyl (C=O) groups excluding carboxylic acids is 1. The molecule has 4 nitrogen and oxygen atoms in total. The van der Waals surface area contributed by atoms with Gasteiger partial charge < -0.3 is 15.8 Å². The zero-order valence-electron chi connectivity index (χ0n) is 14.1. The molecule has 2 rings (SSSR count). The van der Waals surface area contributed by atoms with Crippen LogP contribution in [0.5, 0.6) is 5.75 Å². The third kappa shape index (κ3) is 5.82. The predicted octanol–water partition coefficient (Wildman–Crippen LogP) is 4.00. The summed E-state index contributed by atoms with van der Waals surface area (Å²) in [6, 6.07) is 11.2.